The molecule has 1 aromatic rings. The second-order valence-corrected chi connectivity index (χ2v) is 5.16. The van der Waals surface area contributed by atoms with Gasteiger partial charge < -0.3 is 15.0 Å². The molecule has 0 atom stereocenters. The van der Waals surface area contributed by atoms with E-state index in [4.69, 9.17) is 4.74 Å². The predicted molar refractivity (Wildman–Crippen MR) is 80.6 cm³/mol. The van der Waals surface area contributed by atoms with Gasteiger partial charge in [-0.1, -0.05) is 6.07 Å². The summed E-state index contributed by atoms with van der Waals surface area (Å²) in [7, 11) is 3.24. The van der Waals surface area contributed by atoms with E-state index in [1.54, 1.807) is 23.1 Å². The highest BCUT2D eigenvalue weighted by atomic mass is 19.1. The van der Waals surface area contributed by atoms with Gasteiger partial charge in [0.1, 0.15) is 0 Å². The number of carbonyl (C=O) groups excluding carboxylic acids is 1. The highest BCUT2D eigenvalue weighted by molar-refractivity contribution is 5.91. The van der Waals surface area contributed by atoms with Gasteiger partial charge >= 0.3 is 0 Å². The fraction of sp³-hybridized carbons (Fsp3) is 0.438. The topological polar surface area (TPSA) is 41.6 Å². The third kappa shape index (κ3) is 4.04. The summed E-state index contributed by atoms with van der Waals surface area (Å²) in [5, 5.41) is 3.27. The number of ether oxygens (including phenoxy) is 1. The van der Waals surface area contributed by atoms with E-state index < -0.39 is 5.82 Å². The fourth-order valence-electron chi connectivity index (χ4n) is 2.45. The molecular formula is C16H21FN2O2. The van der Waals surface area contributed by atoms with Crippen LogP contribution in [0.1, 0.15) is 18.4 Å². The molecule has 1 aliphatic rings. The van der Waals surface area contributed by atoms with Crippen molar-refractivity contribution in [3.05, 3.63) is 35.7 Å². The molecule has 4 nitrogen and oxygen atoms in total. The molecule has 0 spiro atoms. The van der Waals surface area contributed by atoms with Crippen molar-refractivity contribution in [2.45, 2.75) is 18.9 Å². The molecule has 0 saturated carbocycles. The van der Waals surface area contributed by atoms with E-state index in [1.807, 2.05) is 7.05 Å². The Morgan fingerprint density at radius 3 is 2.76 bits per heavy atom. The Kier molecular flexibility index (Phi) is 5.33. The van der Waals surface area contributed by atoms with Crippen LogP contribution in [0.25, 0.3) is 6.08 Å². The van der Waals surface area contributed by atoms with Crippen LogP contribution in [0.5, 0.6) is 5.75 Å². The van der Waals surface area contributed by atoms with Crippen molar-refractivity contribution in [2.24, 2.45) is 0 Å². The first-order valence-corrected chi connectivity index (χ1v) is 7.11. The fourth-order valence-corrected chi connectivity index (χ4v) is 2.45. The average Bonchev–Trinajstić information content (AvgIpc) is 2.52. The Bertz CT molecular complexity index is 525. The molecular weight excluding hydrogens is 271 g/mol. The lowest BCUT2D eigenvalue weighted by Crippen LogP contribution is -2.43. The average molecular weight is 292 g/mol. The maximum atomic E-state index is 13.6. The summed E-state index contributed by atoms with van der Waals surface area (Å²) in [5.41, 5.74) is 0.639. The van der Waals surface area contributed by atoms with Gasteiger partial charge in [0.2, 0.25) is 5.91 Å². The van der Waals surface area contributed by atoms with E-state index >= 15 is 0 Å². The zero-order chi connectivity index (χ0) is 15.2. The normalized spacial score (nSPS) is 16.1. The number of likely N-dealkylation sites (N-methyl/N-ethyl adjacent to an activating group) is 1. The molecule has 1 N–H and O–H groups in total. The maximum Gasteiger partial charge on any atom is 0.246 e. The van der Waals surface area contributed by atoms with Crippen LogP contribution in [-0.4, -0.2) is 44.1 Å². The molecule has 0 bridgehead atoms. The Balaban J connectivity index is 1.99. The highest BCUT2D eigenvalue weighted by Crippen LogP contribution is 2.18. The smallest absolute Gasteiger partial charge is 0.246 e. The first kappa shape index (κ1) is 15.5. The highest BCUT2D eigenvalue weighted by Gasteiger charge is 2.20. The molecule has 1 fully saturated rings. The number of methoxy groups -OCH3 is 1. The molecule has 0 radical (unpaired) electrons. The lowest BCUT2D eigenvalue weighted by molar-refractivity contribution is -0.127. The predicted octanol–water partition coefficient (Wildman–Crippen LogP) is 2.06. The van der Waals surface area contributed by atoms with E-state index in [0.717, 1.165) is 25.9 Å². The summed E-state index contributed by atoms with van der Waals surface area (Å²) in [6, 6.07) is 4.90. The van der Waals surface area contributed by atoms with Gasteiger partial charge in [0, 0.05) is 19.2 Å². The van der Waals surface area contributed by atoms with Gasteiger partial charge in [-0.25, -0.2) is 4.39 Å². The molecule has 1 saturated heterocycles. The Labute approximate surface area is 124 Å². The lowest BCUT2D eigenvalue weighted by atomic mass is 10.1. The van der Waals surface area contributed by atoms with E-state index in [1.165, 1.54) is 19.3 Å². The molecule has 21 heavy (non-hydrogen) atoms. The van der Waals surface area contributed by atoms with Crippen LogP contribution in [0, 0.1) is 5.82 Å². The van der Waals surface area contributed by atoms with Gasteiger partial charge in [-0.2, -0.15) is 0 Å². The third-order valence-electron chi connectivity index (χ3n) is 3.80. The summed E-state index contributed by atoms with van der Waals surface area (Å²) in [6.45, 7) is 1.88. The number of nitrogens with one attached hydrogen (secondary N) is 1. The van der Waals surface area contributed by atoms with E-state index in [-0.39, 0.29) is 17.7 Å². The minimum atomic E-state index is -0.432. The van der Waals surface area contributed by atoms with Crippen molar-refractivity contribution < 1.29 is 13.9 Å². The van der Waals surface area contributed by atoms with Crippen LogP contribution in [0.15, 0.2) is 24.3 Å². The number of carbonyl (C=O) groups is 1. The van der Waals surface area contributed by atoms with Crippen LogP contribution in [0.4, 0.5) is 4.39 Å². The summed E-state index contributed by atoms with van der Waals surface area (Å²) >= 11 is 0. The Morgan fingerprint density at radius 1 is 1.43 bits per heavy atom. The number of hydrogen-bond donors (Lipinski definition) is 1. The molecule has 0 aliphatic carbocycles. The molecule has 2 rings (SSSR count). The van der Waals surface area contributed by atoms with Gasteiger partial charge in [0.05, 0.1) is 7.11 Å². The summed E-state index contributed by atoms with van der Waals surface area (Å²) in [4.78, 5) is 13.9. The van der Waals surface area contributed by atoms with E-state index in [2.05, 4.69) is 5.32 Å². The van der Waals surface area contributed by atoms with Gasteiger partial charge in [-0.05, 0) is 49.7 Å². The SMILES string of the molecule is COc1ccc(/C=C/C(=O)N(C)C2CCNCC2)cc1F. The molecule has 1 amide bonds. The zero-order valence-corrected chi connectivity index (χ0v) is 12.4. The van der Waals surface area contributed by atoms with Gasteiger partial charge in [0.15, 0.2) is 11.6 Å². The number of benzene rings is 1. The Morgan fingerprint density at radius 2 is 2.14 bits per heavy atom. The molecule has 0 aromatic heterocycles. The number of rotatable bonds is 4. The maximum absolute atomic E-state index is 13.6. The van der Waals surface area contributed by atoms with Crippen LogP contribution >= 0.6 is 0 Å². The molecule has 0 unspecified atom stereocenters. The molecule has 114 valence electrons. The first-order valence-electron chi connectivity index (χ1n) is 7.11. The van der Waals surface area contributed by atoms with Crippen molar-refractivity contribution in [1.29, 1.82) is 0 Å². The largest absolute Gasteiger partial charge is 0.494 e. The van der Waals surface area contributed by atoms with Crippen molar-refractivity contribution >= 4 is 12.0 Å². The minimum Gasteiger partial charge on any atom is -0.494 e. The third-order valence-corrected chi connectivity index (χ3v) is 3.80. The van der Waals surface area contributed by atoms with Gasteiger partial charge in [0.25, 0.3) is 0 Å². The second-order valence-electron chi connectivity index (χ2n) is 5.16. The van der Waals surface area contributed by atoms with Crippen LogP contribution in [-0.2, 0) is 4.79 Å². The quantitative estimate of drug-likeness (QED) is 0.864. The summed E-state index contributed by atoms with van der Waals surface area (Å²) < 4.78 is 18.4. The molecule has 1 aromatic carbocycles. The van der Waals surface area contributed by atoms with Crippen LogP contribution in [0.2, 0.25) is 0 Å². The number of halogens is 1. The van der Waals surface area contributed by atoms with E-state index in [0.29, 0.717) is 5.56 Å². The Hall–Kier alpha value is -1.88. The number of piperidine rings is 1. The van der Waals surface area contributed by atoms with Crippen molar-refractivity contribution in [3.63, 3.8) is 0 Å². The number of hydrogen-bond acceptors (Lipinski definition) is 3. The molecule has 1 aliphatic heterocycles. The summed E-state index contributed by atoms with van der Waals surface area (Å²) in [6.07, 6.45) is 5.05. The minimum absolute atomic E-state index is 0.0573. The number of amides is 1. The van der Waals surface area contributed by atoms with Gasteiger partial charge in [-0.3, -0.25) is 4.79 Å². The second kappa shape index (κ2) is 7.22. The van der Waals surface area contributed by atoms with Crippen molar-refractivity contribution in [2.75, 3.05) is 27.2 Å². The molecule has 5 heteroatoms. The van der Waals surface area contributed by atoms with Crippen LogP contribution < -0.4 is 10.1 Å². The first-order chi connectivity index (χ1) is 10.1. The van der Waals surface area contributed by atoms with Crippen molar-refractivity contribution in [3.8, 4) is 5.75 Å². The number of nitrogens with zero attached hydrogens (tertiary/aromatic N) is 1. The van der Waals surface area contributed by atoms with Gasteiger partial charge in [-0.15, -0.1) is 0 Å². The zero-order valence-electron chi connectivity index (χ0n) is 12.4. The van der Waals surface area contributed by atoms with Crippen LogP contribution in [0.3, 0.4) is 0 Å². The summed E-state index contributed by atoms with van der Waals surface area (Å²) in [5.74, 6) is -0.290. The standard InChI is InChI=1S/C16H21FN2O2/c1-19(13-7-9-18-10-8-13)16(20)6-4-12-3-5-15(21-2)14(17)11-12/h3-6,11,13,18H,7-10H2,1-2H3/b6-4+. The molecule has 1 heterocycles. The monoisotopic (exact) mass is 292 g/mol. The van der Waals surface area contributed by atoms with Crippen molar-refractivity contribution in [1.82, 2.24) is 10.2 Å². The van der Waals surface area contributed by atoms with E-state index in [9.17, 15) is 9.18 Å². The lowest BCUT2D eigenvalue weighted by Gasteiger charge is -2.30.